The lowest BCUT2D eigenvalue weighted by Crippen LogP contribution is -2.16. The minimum atomic E-state index is 0.0664. The van der Waals surface area contributed by atoms with Crippen LogP contribution in [0.1, 0.15) is 37.3 Å². The van der Waals surface area contributed by atoms with Gasteiger partial charge < -0.3 is 5.32 Å². The molecule has 0 fully saturated rings. The van der Waals surface area contributed by atoms with E-state index in [9.17, 15) is 4.79 Å². The van der Waals surface area contributed by atoms with Crippen molar-refractivity contribution in [1.82, 2.24) is 0 Å². The van der Waals surface area contributed by atoms with E-state index < -0.39 is 0 Å². The van der Waals surface area contributed by atoms with Gasteiger partial charge in [0.25, 0.3) is 0 Å². The summed E-state index contributed by atoms with van der Waals surface area (Å²) in [5, 5.41) is 3.05. The molecule has 0 aromatic heterocycles. The quantitative estimate of drug-likeness (QED) is 0.773. The van der Waals surface area contributed by atoms with Crippen molar-refractivity contribution in [1.29, 1.82) is 0 Å². The number of rotatable bonds is 7. The van der Waals surface area contributed by atoms with E-state index in [2.05, 4.69) is 37.4 Å². The monoisotopic (exact) mass is 313 g/mol. The summed E-state index contributed by atoms with van der Waals surface area (Å²) in [6.07, 6.45) is 1.07. The highest BCUT2D eigenvalue weighted by Gasteiger charge is 2.10. The highest BCUT2D eigenvalue weighted by atomic mass is 32.2. The predicted molar refractivity (Wildman–Crippen MR) is 96.4 cm³/mol. The van der Waals surface area contributed by atoms with Gasteiger partial charge in [-0.2, -0.15) is 0 Å². The maximum atomic E-state index is 12.1. The molecule has 0 heterocycles. The van der Waals surface area contributed by atoms with E-state index in [1.54, 1.807) is 11.8 Å². The summed E-state index contributed by atoms with van der Waals surface area (Å²) in [4.78, 5) is 12.1. The van der Waals surface area contributed by atoms with E-state index in [-0.39, 0.29) is 5.91 Å². The number of carbonyl (C=O) groups is 1. The summed E-state index contributed by atoms with van der Waals surface area (Å²) in [7, 11) is 0. The topological polar surface area (TPSA) is 29.1 Å². The van der Waals surface area contributed by atoms with Gasteiger partial charge in [0.1, 0.15) is 0 Å². The molecule has 1 amide bonds. The molecule has 0 saturated heterocycles. The highest BCUT2D eigenvalue weighted by Crippen LogP contribution is 2.26. The zero-order valence-corrected chi connectivity index (χ0v) is 14.0. The number of carbonyl (C=O) groups excluding carboxylic acids is 1. The van der Waals surface area contributed by atoms with E-state index in [4.69, 9.17) is 0 Å². The van der Waals surface area contributed by atoms with Gasteiger partial charge in [-0.25, -0.2) is 0 Å². The molecule has 0 unspecified atom stereocenters. The number of benzene rings is 2. The summed E-state index contributed by atoms with van der Waals surface area (Å²) in [5.41, 5.74) is 3.41. The van der Waals surface area contributed by atoms with Crippen LogP contribution in [-0.4, -0.2) is 11.7 Å². The van der Waals surface area contributed by atoms with Crippen LogP contribution in [0.25, 0.3) is 0 Å². The Kier molecular flexibility index (Phi) is 6.53. The van der Waals surface area contributed by atoms with Crippen molar-refractivity contribution in [3.63, 3.8) is 0 Å². The molecule has 2 nitrogen and oxygen atoms in total. The summed E-state index contributed by atoms with van der Waals surface area (Å²) < 4.78 is 0. The van der Waals surface area contributed by atoms with Crippen molar-refractivity contribution in [2.75, 3.05) is 11.1 Å². The Morgan fingerprint density at radius 3 is 2.50 bits per heavy atom. The molecule has 0 aliphatic carbocycles. The standard InChI is InChI=1S/C19H23NOS/c1-3-15(2)17-11-7-8-12-18(17)20-19(21)14-22-13-16-9-5-4-6-10-16/h4-12,15H,3,13-14H2,1-2H3,(H,20,21)/t15-/m0/s1. The van der Waals surface area contributed by atoms with Crippen molar-refractivity contribution in [2.45, 2.75) is 31.9 Å². The molecule has 116 valence electrons. The average molecular weight is 313 g/mol. The number of amides is 1. The second kappa shape index (κ2) is 8.64. The summed E-state index contributed by atoms with van der Waals surface area (Å²) in [5.74, 6) is 1.86. The fourth-order valence-corrected chi connectivity index (χ4v) is 3.07. The number of thioether (sulfide) groups is 1. The van der Waals surface area contributed by atoms with Crippen LogP contribution in [0, 0.1) is 0 Å². The molecule has 0 spiro atoms. The van der Waals surface area contributed by atoms with E-state index >= 15 is 0 Å². The number of anilines is 1. The lowest BCUT2D eigenvalue weighted by molar-refractivity contribution is -0.113. The van der Waals surface area contributed by atoms with E-state index in [1.165, 1.54) is 11.1 Å². The Morgan fingerprint density at radius 2 is 1.77 bits per heavy atom. The Balaban J connectivity index is 1.87. The molecule has 2 aromatic carbocycles. The lowest BCUT2D eigenvalue weighted by atomic mass is 9.97. The van der Waals surface area contributed by atoms with Crippen LogP contribution in [0.15, 0.2) is 54.6 Å². The normalized spacial score (nSPS) is 11.9. The number of hydrogen-bond acceptors (Lipinski definition) is 2. The summed E-state index contributed by atoms with van der Waals surface area (Å²) in [6, 6.07) is 18.3. The molecule has 0 aliphatic rings. The zero-order chi connectivity index (χ0) is 15.8. The predicted octanol–water partition coefficient (Wildman–Crippen LogP) is 5.07. The van der Waals surface area contributed by atoms with Crippen molar-refractivity contribution in [2.24, 2.45) is 0 Å². The third-order valence-corrected chi connectivity index (χ3v) is 4.73. The van der Waals surface area contributed by atoms with Crippen molar-refractivity contribution < 1.29 is 4.79 Å². The van der Waals surface area contributed by atoms with Crippen LogP contribution < -0.4 is 5.32 Å². The molecule has 1 atom stereocenters. The zero-order valence-electron chi connectivity index (χ0n) is 13.2. The van der Waals surface area contributed by atoms with Gasteiger partial charge >= 0.3 is 0 Å². The first-order valence-electron chi connectivity index (χ1n) is 7.71. The Hall–Kier alpha value is -1.74. The smallest absolute Gasteiger partial charge is 0.234 e. The average Bonchev–Trinajstić information content (AvgIpc) is 2.55. The van der Waals surface area contributed by atoms with Crippen LogP contribution in [0.4, 0.5) is 5.69 Å². The summed E-state index contributed by atoms with van der Waals surface area (Å²) >= 11 is 1.64. The second-order valence-electron chi connectivity index (χ2n) is 5.42. The first-order chi connectivity index (χ1) is 10.7. The van der Waals surface area contributed by atoms with Gasteiger partial charge in [-0.1, -0.05) is 62.4 Å². The van der Waals surface area contributed by atoms with Gasteiger partial charge in [-0.3, -0.25) is 4.79 Å². The Bertz CT molecular complexity index is 597. The Labute approximate surface area is 137 Å². The van der Waals surface area contributed by atoms with Crippen LogP contribution >= 0.6 is 11.8 Å². The molecule has 3 heteroatoms. The summed E-state index contributed by atoms with van der Waals surface area (Å²) in [6.45, 7) is 4.36. The lowest BCUT2D eigenvalue weighted by Gasteiger charge is -2.15. The second-order valence-corrected chi connectivity index (χ2v) is 6.41. The molecule has 22 heavy (non-hydrogen) atoms. The maximum absolute atomic E-state index is 12.1. The van der Waals surface area contributed by atoms with Crippen LogP contribution in [0.2, 0.25) is 0 Å². The minimum Gasteiger partial charge on any atom is -0.325 e. The van der Waals surface area contributed by atoms with Crippen molar-refractivity contribution >= 4 is 23.4 Å². The molecule has 0 saturated carbocycles. The molecule has 2 aromatic rings. The third-order valence-electron chi connectivity index (χ3n) is 3.72. The fourth-order valence-electron chi connectivity index (χ4n) is 2.28. The minimum absolute atomic E-state index is 0.0664. The van der Waals surface area contributed by atoms with Crippen LogP contribution in [-0.2, 0) is 10.5 Å². The van der Waals surface area contributed by atoms with Gasteiger partial charge in [0.2, 0.25) is 5.91 Å². The first kappa shape index (κ1) is 16.6. The van der Waals surface area contributed by atoms with Gasteiger partial charge in [-0.15, -0.1) is 11.8 Å². The van der Waals surface area contributed by atoms with Crippen molar-refractivity contribution in [3.05, 3.63) is 65.7 Å². The first-order valence-corrected chi connectivity index (χ1v) is 8.86. The maximum Gasteiger partial charge on any atom is 0.234 e. The number of hydrogen-bond donors (Lipinski definition) is 1. The fraction of sp³-hybridized carbons (Fsp3) is 0.316. The number of para-hydroxylation sites is 1. The van der Waals surface area contributed by atoms with Crippen LogP contribution in [0.3, 0.4) is 0 Å². The van der Waals surface area contributed by atoms with Gasteiger partial charge in [-0.05, 0) is 29.5 Å². The third kappa shape index (κ3) is 4.92. The van der Waals surface area contributed by atoms with Gasteiger partial charge in [0, 0.05) is 11.4 Å². The molecule has 2 rings (SSSR count). The largest absolute Gasteiger partial charge is 0.325 e. The van der Waals surface area contributed by atoms with E-state index in [1.807, 2.05) is 36.4 Å². The molecular formula is C19H23NOS. The van der Waals surface area contributed by atoms with Gasteiger partial charge in [0.15, 0.2) is 0 Å². The molecule has 0 bridgehead atoms. The molecular weight excluding hydrogens is 290 g/mol. The molecule has 0 aliphatic heterocycles. The SMILES string of the molecule is CC[C@H](C)c1ccccc1NC(=O)CSCc1ccccc1. The van der Waals surface area contributed by atoms with Gasteiger partial charge in [0.05, 0.1) is 5.75 Å². The Morgan fingerprint density at radius 1 is 1.09 bits per heavy atom. The molecule has 0 radical (unpaired) electrons. The van der Waals surface area contributed by atoms with Crippen molar-refractivity contribution in [3.8, 4) is 0 Å². The van der Waals surface area contributed by atoms with Crippen LogP contribution in [0.5, 0.6) is 0 Å². The van der Waals surface area contributed by atoms with E-state index in [0.717, 1.165) is 17.9 Å². The highest BCUT2D eigenvalue weighted by molar-refractivity contribution is 7.99. The van der Waals surface area contributed by atoms with E-state index in [0.29, 0.717) is 11.7 Å². The number of nitrogens with one attached hydrogen (secondary N) is 1. The molecule has 1 N–H and O–H groups in total.